The molecule has 0 fully saturated rings. The molecule has 8 heteroatoms. The average molecular weight is 478 g/mol. The fourth-order valence-electron chi connectivity index (χ4n) is 3.27. The highest BCUT2D eigenvalue weighted by molar-refractivity contribution is 7.92. The Kier molecular flexibility index (Phi) is 6.72. The van der Waals surface area contributed by atoms with Gasteiger partial charge in [-0.05, 0) is 48.0 Å². The molecule has 1 aromatic heterocycles. The minimum Gasteiger partial charge on any atom is -0.322 e. The lowest BCUT2D eigenvalue weighted by atomic mass is 10.2. The minimum atomic E-state index is -4.04. The van der Waals surface area contributed by atoms with Gasteiger partial charge in [-0.3, -0.25) is 14.1 Å². The predicted molar refractivity (Wildman–Crippen MR) is 130 cm³/mol. The zero-order valence-corrected chi connectivity index (χ0v) is 19.0. The molecule has 6 nitrogen and oxygen atoms in total. The van der Waals surface area contributed by atoms with Gasteiger partial charge in [0.15, 0.2) is 0 Å². The number of rotatable bonds is 7. The van der Waals surface area contributed by atoms with Crippen molar-refractivity contribution in [2.45, 2.75) is 11.4 Å². The number of para-hydroxylation sites is 1. The first-order chi connectivity index (χ1) is 15.9. The van der Waals surface area contributed by atoms with Crippen LogP contribution in [-0.2, 0) is 16.6 Å². The van der Waals surface area contributed by atoms with E-state index in [1.165, 1.54) is 16.4 Å². The molecule has 4 rings (SSSR count). The number of nitrogens with zero attached hydrogens (tertiary/aromatic N) is 2. The molecule has 4 aromatic rings. The second-order valence-electron chi connectivity index (χ2n) is 7.17. The summed E-state index contributed by atoms with van der Waals surface area (Å²) < 4.78 is 28.8. The van der Waals surface area contributed by atoms with E-state index < -0.39 is 15.9 Å². The van der Waals surface area contributed by atoms with Gasteiger partial charge in [0.25, 0.3) is 15.9 Å². The monoisotopic (exact) mass is 477 g/mol. The minimum absolute atomic E-state index is 0.0132. The summed E-state index contributed by atoms with van der Waals surface area (Å²) in [7, 11) is -4.04. The number of benzene rings is 3. The summed E-state index contributed by atoms with van der Waals surface area (Å²) >= 11 is 6.38. The van der Waals surface area contributed by atoms with E-state index in [9.17, 15) is 13.2 Å². The van der Waals surface area contributed by atoms with Crippen LogP contribution in [0.5, 0.6) is 0 Å². The number of amides is 1. The second kappa shape index (κ2) is 9.85. The summed E-state index contributed by atoms with van der Waals surface area (Å²) in [5, 5.41) is 3.05. The normalized spacial score (nSPS) is 11.1. The zero-order chi connectivity index (χ0) is 23.3. The van der Waals surface area contributed by atoms with E-state index in [1.807, 2.05) is 30.3 Å². The number of hydrogen-bond acceptors (Lipinski definition) is 4. The first kappa shape index (κ1) is 22.5. The highest BCUT2D eigenvalue weighted by atomic mass is 35.5. The molecule has 1 amide bonds. The van der Waals surface area contributed by atoms with E-state index in [0.29, 0.717) is 16.4 Å². The van der Waals surface area contributed by atoms with Crippen LogP contribution in [-0.4, -0.2) is 19.3 Å². The van der Waals surface area contributed by atoms with Crippen LogP contribution in [0.25, 0.3) is 0 Å². The van der Waals surface area contributed by atoms with Crippen molar-refractivity contribution >= 4 is 38.9 Å². The molecule has 1 heterocycles. The molecule has 1 N–H and O–H groups in total. The predicted octanol–water partition coefficient (Wildman–Crippen LogP) is 5.38. The summed E-state index contributed by atoms with van der Waals surface area (Å²) in [6.45, 7) is 0.0837. The van der Waals surface area contributed by atoms with E-state index in [0.717, 1.165) is 5.56 Å². The van der Waals surface area contributed by atoms with Crippen molar-refractivity contribution in [1.29, 1.82) is 0 Å². The summed E-state index contributed by atoms with van der Waals surface area (Å²) in [6.07, 6.45) is 3.11. The molecular weight excluding hydrogens is 458 g/mol. The van der Waals surface area contributed by atoms with Gasteiger partial charge < -0.3 is 5.32 Å². The molecule has 0 radical (unpaired) electrons. The number of halogens is 1. The third-order valence-electron chi connectivity index (χ3n) is 4.91. The lowest BCUT2D eigenvalue weighted by molar-refractivity contribution is 0.102. The van der Waals surface area contributed by atoms with Gasteiger partial charge in [0.2, 0.25) is 0 Å². The quantitative estimate of drug-likeness (QED) is 0.387. The first-order valence-electron chi connectivity index (χ1n) is 10.1. The van der Waals surface area contributed by atoms with Crippen LogP contribution in [0.3, 0.4) is 0 Å². The van der Waals surface area contributed by atoms with E-state index in [1.54, 1.807) is 60.9 Å². The Hall–Kier alpha value is -3.68. The molecule has 3 aromatic carbocycles. The maximum Gasteiger partial charge on any atom is 0.264 e. The van der Waals surface area contributed by atoms with Crippen molar-refractivity contribution in [2.24, 2.45) is 0 Å². The Morgan fingerprint density at radius 1 is 0.879 bits per heavy atom. The van der Waals surface area contributed by atoms with Crippen LogP contribution in [0.2, 0.25) is 5.02 Å². The molecule has 0 saturated carbocycles. The van der Waals surface area contributed by atoms with Crippen molar-refractivity contribution in [1.82, 2.24) is 4.98 Å². The summed E-state index contributed by atoms with van der Waals surface area (Å²) in [6, 6.07) is 25.2. The number of nitrogens with one attached hydrogen (secondary N) is 1. The molecule has 0 spiro atoms. The molecule has 166 valence electrons. The highest BCUT2D eigenvalue weighted by Gasteiger charge is 2.27. The SMILES string of the molecule is O=C(Nc1ccncc1)c1cccc(S(=O)(=O)N(Cc2ccccc2)c2ccccc2Cl)c1. The third-order valence-corrected chi connectivity index (χ3v) is 6.99. The Bertz CT molecular complexity index is 1360. The number of hydrogen-bond donors (Lipinski definition) is 1. The standard InChI is InChI=1S/C25H20ClN3O3S/c26-23-11-4-5-12-24(23)29(18-19-7-2-1-3-8-19)33(31,32)22-10-6-9-20(17-22)25(30)28-21-13-15-27-16-14-21/h1-17H,18H2,(H,27,28,30). The van der Waals surface area contributed by atoms with E-state index >= 15 is 0 Å². The number of carbonyl (C=O) groups is 1. The maximum atomic E-state index is 13.7. The van der Waals surface area contributed by atoms with Gasteiger partial charge in [-0.15, -0.1) is 0 Å². The molecule has 0 aliphatic carbocycles. The topological polar surface area (TPSA) is 79.4 Å². The van der Waals surface area contributed by atoms with Crippen molar-refractivity contribution in [3.05, 3.63) is 120 Å². The lowest BCUT2D eigenvalue weighted by Crippen LogP contribution is -2.31. The van der Waals surface area contributed by atoms with E-state index in [4.69, 9.17) is 11.6 Å². The van der Waals surface area contributed by atoms with Gasteiger partial charge >= 0.3 is 0 Å². The number of pyridine rings is 1. The second-order valence-corrected chi connectivity index (χ2v) is 9.44. The molecule has 0 unspecified atom stereocenters. The lowest BCUT2D eigenvalue weighted by Gasteiger charge is -2.26. The zero-order valence-electron chi connectivity index (χ0n) is 17.4. The largest absolute Gasteiger partial charge is 0.322 e. The van der Waals surface area contributed by atoms with Gasteiger partial charge in [0.1, 0.15) is 0 Å². The fourth-order valence-corrected chi connectivity index (χ4v) is 5.07. The van der Waals surface area contributed by atoms with Gasteiger partial charge in [0.05, 0.1) is 22.2 Å². The van der Waals surface area contributed by atoms with Crippen LogP contribution >= 0.6 is 11.6 Å². The summed E-state index contributed by atoms with van der Waals surface area (Å²) in [5.74, 6) is -0.425. The van der Waals surface area contributed by atoms with Gasteiger partial charge in [-0.2, -0.15) is 0 Å². The van der Waals surface area contributed by atoms with E-state index in [2.05, 4.69) is 10.3 Å². The molecule has 0 bridgehead atoms. The summed E-state index contributed by atoms with van der Waals surface area (Å²) in [4.78, 5) is 16.6. The average Bonchev–Trinajstić information content (AvgIpc) is 2.84. The van der Waals surface area contributed by atoms with E-state index in [-0.39, 0.29) is 17.0 Å². The number of sulfonamides is 1. The smallest absolute Gasteiger partial charge is 0.264 e. The van der Waals surface area contributed by atoms with Crippen LogP contribution < -0.4 is 9.62 Å². The maximum absolute atomic E-state index is 13.7. The Morgan fingerprint density at radius 3 is 2.30 bits per heavy atom. The van der Waals surface area contributed by atoms with Gasteiger partial charge in [-0.25, -0.2) is 8.42 Å². The number of carbonyl (C=O) groups excluding carboxylic acids is 1. The van der Waals surface area contributed by atoms with Crippen molar-refractivity contribution < 1.29 is 13.2 Å². The molecule has 0 saturated heterocycles. The Morgan fingerprint density at radius 2 is 1.58 bits per heavy atom. The molecule has 0 aliphatic rings. The van der Waals surface area contributed by atoms with Crippen LogP contribution in [0.1, 0.15) is 15.9 Å². The van der Waals surface area contributed by atoms with Gasteiger partial charge in [-0.1, -0.05) is 60.1 Å². The first-order valence-corrected chi connectivity index (χ1v) is 11.9. The molecule has 33 heavy (non-hydrogen) atoms. The molecule has 0 atom stereocenters. The third kappa shape index (κ3) is 5.22. The van der Waals surface area contributed by atoms with Crippen molar-refractivity contribution in [3.8, 4) is 0 Å². The van der Waals surface area contributed by atoms with Crippen LogP contribution in [0.15, 0.2) is 108 Å². The Balaban J connectivity index is 1.71. The fraction of sp³-hybridized carbons (Fsp3) is 0.0400. The molecule has 0 aliphatic heterocycles. The molecular formula is C25H20ClN3O3S. The summed E-state index contributed by atoms with van der Waals surface area (Å²) in [5.41, 5.74) is 1.93. The van der Waals surface area contributed by atoms with Crippen LogP contribution in [0.4, 0.5) is 11.4 Å². The van der Waals surface area contributed by atoms with Crippen molar-refractivity contribution in [2.75, 3.05) is 9.62 Å². The number of aromatic nitrogens is 1. The van der Waals surface area contributed by atoms with Gasteiger partial charge in [0, 0.05) is 23.6 Å². The van der Waals surface area contributed by atoms with Crippen LogP contribution in [0, 0.1) is 0 Å². The highest BCUT2D eigenvalue weighted by Crippen LogP contribution is 2.32. The number of anilines is 2. The Labute approximate surface area is 197 Å². The van der Waals surface area contributed by atoms with Crippen molar-refractivity contribution in [3.63, 3.8) is 0 Å².